The van der Waals surface area contributed by atoms with Crippen LogP contribution in [-0.2, 0) is 27.0 Å². The fourth-order valence-electron chi connectivity index (χ4n) is 3.97. The number of nitrogens with one attached hydrogen (secondary N) is 1. The number of hydrogen-bond acceptors (Lipinski definition) is 5. The smallest absolute Gasteiger partial charge is 0.420 e. The Kier molecular flexibility index (Phi) is 7.20. The summed E-state index contributed by atoms with van der Waals surface area (Å²) in [6.07, 6.45) is -1.42. The summed E-state index contributed by atoms with van der Waals surface area (Å²) in [5, 5.41) is 3.25. The normalized spacial score (nSPS) is 19.3. The summed E-state index contributed by atoms with van der Waals surface area (Å²) in [6, 6.07) is 7.65. The van der Waals surface area contributed by atoms with Crippen LogP contribution in [0.5, 0.6) is 5.75 Å². The van der Waals surface area contributed by atoms with Gasteiger partial charge in [0.25, 0.3) is 5.78 Å². The summed E-state index contributed by atoms with van der Waals surface area (Å²) in [5.41, 5.74) is -0.199. The first-order valence-corrected chi connectivity index (χ1v) is 10.3. The van der Waals surface area contributed by atoms with E-state index in [9.17, 15) is 22.8 Å². The van der Waals surface area contributed by atoms with E-state index in [1.165, 1.54) is 12.1 Å². The molecule has 31 heavy (non-hydrogen) atoms. The van der Waals surface area contributed by atoms with Gasteiger partial charge in [0.2, 0.25) is 0 Å². The number of methoxy groups -OCH3 is 1. The fraction of sp³-hybridized carbons (Fsp3) is 0.478. The number of Topliss-reactive ketones (excluding diaryl/α,β-unsaturated/α-hetero) is 1. The number of ketones is 1. The Hall–Kier alpha value is -2.61. The molecule has 168 valence electrons. The van der Waals surface area contributed by atoms with Gasteiger partial charge in [-0.15, -0.1) is 0 Å². The van der Waals surface area contributed by atoms with Crippen molar-refractivity contribution in [3.8, 4) is 5.75 Å². The van der Waals surface area contributed by atoms with Crippen LogP contribution < -0.4 is 10.1 Å². The summed E-state index contributed by atoms with van der Waals surface area (Å²) in [5.74, 6) is -1.30. The predicted molar refractivity (Wildman–Crippen MR) is 110 cm³/mol. The molecule has 1 saturated carbocycles. The average molecular weight is 437 g/mol. The monoisotopic (exact) mass is 437 g/mol. The van der Waals surface area contributed by atoms with Crippen LogP contribution in [0.4, 0.5) is 13.2 Å². The van der Waals surface area contributed by atoms with Crippen LogP contribution in [0, 0.1) is 5.92 Å². The topological polar surface area (TPSA) is 64.6 Å². The zero-order valence-corrected chi connectivity index (χ0v) is 17.6. The summed E-state index contributed by atoms with van der Waals surface area (Å²) >= 11 is 0. The van der Waals surface area contributed by atoms with Crippen molar-refractivity contribution in [2.75, 3.05) is 13.7 Å². The highest BCUT2D eigenvalue weighted by atomic mass is 19.4. The molecule has 2 aromatic carbocycles. The van der Waals surface area contributed by atoms with E-state index in [0.717, 1.165) is 32.8 Å². The molecule has 0 aromatic heterocycles. The zero-order chi connectivity index (χ0) is 22.6. The number of fused-ring (bicyclic) bond motifs is 1. The molecule has 0 amide bonds. The third-order valence-corrected chi connectivity index (χ3v) is 5.67. The van der Waals surface area contributed by atoms with E-state index in [0.29, 0.717) is 16.9 Å². The van der Waals surface area contributed by atoms with Crippen molar-refractivity contribution in [3.63, 3.8) is 0 Å². The molecular weight excluding hydrogens is 411 g/mol. The third kappa shape index (κ3) is 5.55. The molecule has 1 fully saturated rings. The molecule has 5 nitrogen and oxygen atoms in total. The Morgan fingerprint density at radius 1 is 1.06 bits per heavy atom. The van der Waals surface area contributed by atoms with E-state index in [4.69, 9.17) is 4.74 Å². The molecule has 0 saturated heterocycles. The summed E-state index contributed by atoms with van der Waals surface area (Å²) in [4.78, 5) is 22.8. The standard InChI is InChI=1S/C23H26F3NO4/c1-14-6-8-16(9-7-14)31-20-11-10-17-15(12-27-13-19(28)22(29)30-2)4-3-5-18(17)21(20)23(24,25)26/h3-5,10-11,14,16,27H,6-9,12-13H2,1-2H3/t14-,16+. The molecule has 0 atom stereocenters. The molecule has 0 spiro atoms. The van der Waals surface area contributed by atoms with Crippen molar-refractivity contribution >= 4 is 22.5 Å². The Morgan fingerprint density at radius 2 is 1.77 bits per heavy atom. The van der Waals surface area contributed by atoms with Gasteiger partial charge in [-0.1, -0.05) is 31.2 Å². The Balaban J connectivity index is 1.87. The maximum absolute atomic E-state index is 14.0. The second-order valence-electron chi connectivity index (χ2n) is 7.97. The number of ether oxygens (including phenoxy) is 2. The van der Waals surface area contributed by atoms with Gasteiger partial charge >= 0.3 is 12.1 Å². The van der Waals surface area contributed by atoms with E-state index >= 15 is 0 Å². The van der Waals surface area contributed by atoms with Gasteiger partial charge in [-0.2, -0.15) is 13.2 Å². The summed E-state index contributed by atoms with van der Waals surface area (Å²) < 4.78 is 52.2. The minimum atomic E-state index is -4.58. The first-order chi connectivity index (χ1) is 14.7. The van der Waals surface area contributed by atoms with Gasteiger partial charge < -0.3 is 14.8 Å². The SMILES string of the molecule is COC(=O)C(=O)CNCc1cccc2c(C(F)(F)F)c(O[C@H]3CC[C@@H](C)CC3)ccc12. The molecule has 2 aromatic rings. The Bertz CT molecular complexity index is 950. The van der Waals surface area contributed by atoms with E-state index < -0.39 is 23.5 Å². The number of hydrogen-bond donors (Lipinski definition) is 1. The number of halogens is 3. The molecule has 0 bridgehead atoms. The van der Waals surface area contributed by atoms with Crippen molar-refractivity contribution in [1.29, 1.82) is 0 Å². The lowest BCUT2D eigenvalue weighted by Crippen LogP contribution is -2.29. The van der Waals surface area contributed by atoms with E-state index in [1.54, 1.807) is 18.2 Å². The number of carbonyl (C=O) groups excluding carboxylic acids is 2. The summed E-state index contributed by atoms with van der Waals surface area (Å²) in [7, 11) is 1.11. The van der Waals surface area contributed by atoms with Gasteiger partial charge in [-0.05, 0) is 54.0 Å². The van der Waals surface area contributed by atoms with Crippen LogP contribution >= 0.6 is 0 Å². The lowest BCUT2D eigenvalue weighted by Gasteiger charge is -2.28. The van der Waals surface area contributed by atoms with E-state index in [2.05, 4.69) is 17.0 Å². The van der Waals surface area contributed by atoms with Gasteiger partial charge in [0, 0.05) is 6.54 Å². The molecule has 0 heterocycles. The number of benzene rings is 2. The van der Waals surface area contributed by atoms with E-state index in [-0.39, 0.29) is 30.3 Å². The second kappa shape index (κ2) is 9.68. The maximum Gasteiger partial charge on any atom is 0.420 e. The fourth-order valence-corrected chi connectivity index (χ4v) is 3.97. The number of esters is 1. The van der Waals surface area contributed by atoms with Gasteiger partial charge in [-0.25, -0.2) is 4.79 Å². The van der Waals surface area contributed by atoms with Crippen molar-refractivity contribution in [3.05, 3.63) is 41.5 Å². The van der Waals surface area contributed by atoms with Crippen molar-refractivity contribution in [2.24, 2.45) is 5.92 Å². The van der Waals surface area contributed by atoms with E-state index in [1.807, 2.05) is 0 Å². The first kappa shape index (κ1) is 23.1. The third-order valence-electron chi connectivity index (χ3n) is 5.67. The molecule has 3 rings (SSSR count). The number of alkyl halides is 3. The van der Waals surface area contributed by atoms with Crippen molar-refractivity contribution < 1.29 is 32.2 Å². The van der Waals surface area contributed by atoms with Crippen LogP contribution in [0.25, 0.3) is 10.8 Å². The molecule has 8 heteroatoms. The molecule has 1 aliphatic carbocycles. The van der Waals surface area contributed by atoms with Crippen molar-refractivity contribution in [2.45, 2.75) is 51.4 Å². The minimum absolute atomic E-state index is 0.0489. The highest BCUT2D eigenvalue weighted by molar-refractivity contribution is 6.34. The molecule has 1 aliphatic rings. The highest BCUT2D eigenvalue weighted by Gasteiger charge is 2.37. The molecular formula is C23H26F3NO4. The average Bonchev–Trinajstić information content (AvgIpc) is 2.73. The van der Waals surface area contributed by atoms with Crippen LogP contribution in [0.15, 0.2) is 30.3 Å². The Morgan fingerprint density at radius 3 is 2.42 bits per heavy atom. The first-order valence-electron chi connectivity index (χ1n) is 10.3. The minimum Gasteiger partial charge on any atom is -0.490 e. The molecule has 0 unspecified atom stereocenters. The van der Waals surface area contributed by atoms with Crippen LogP contribution in [0.2, 0.25) is 0 Å². The zero-order valence-electron chi connectivity index (χ0n) is 17.6. The number of carbonyl (C=O) groups is 2. The molecule has 0 radical (unpaired) electrons. The predicted octanol–water partition coefficient (Wildman–Crippen LogP) is 4.65. The quantitative estimate of drug-likeness (QED) is 0.505. The second-order valence-corrected chi connectivity index (χ2v) is 7.97. The number of rotatable bonds is 7. The van der Waals surface area contributed by atoms with Gasteiger partial charge in [0.05, 0.1) is 19.8 Å². The van der Waals surface area contributed by atoms with Crippen LogP contribution in [0.1, 0.15) is 43.7 Å². The van der Waals surface area contributed by atoms with Crippen molar-refractivity contribution in [1.82, 2.24) is 5.32 Å². The largest absolute Gasteiger partial charge is 0.490 e. The van der Waals surface area contributed by atoms with Gasteiger partial charge in [0.15, 0.2) is 0 Å². The van der Waals surface area contributed by atoms with Crippen LogP contribution in [-0.4, -0.2) is 31.5 Å². The van der Waals surface area contributed by atoms with Gasteiger partial charge in [0.1, 0.15) is 11.3 Å². The lowest BCUT2D eigenvalue weighted by atomic mass is 9.89. The highest BCUT2D eigenvalue weighted by Crippen LogP contribution is 2.43. The maximum atomic E-state index is 14.0. The summed E-state index contributed by atoms with van der Waals surface area (Å²) in [6.45, 7) is 2.00. The molecule has 1 N–H and O–H groups in total. The molecule has 0 aliphatic heterocycles. The van der Waals surface area contributed by atoms with Gasteiger partial charge in [-0.3, -0.25) is 4.79 Å². The Labute approximate surface area is 178 Å². The van der Waals surface area contributed by atoms with Crippen LogP contribution in [0.3, 0.4) is 0 Å². The lowest BCUT2D eigenvalue weighted by molar-refractivity contribution is -0.151.